The van der Waals surface area contributed by atoms with Crippen molar-refractivity contribution in [3.05, 3.63) is 67.2 Å². The summed E-state index contributed by atoms with van der Waals surface area (Å²) < 4.78 is 2.97. The molecule has 1 aromatic carbocycles. The Morgan fingerprint density at radius 2 is 1.96 bits per heavy atom. The highest BCUT2D eigenvalue weighted by atomic mass is 79.9. The number of hydrogen-bond acceptors (Lipinski definition) is 3. The molecule has 0 fully saturated rings. The number of hydrogen-bond donors (Lipinski definition) is 3. The Labute approximate surface area is 171 Å². The van der Waals surface area contributed by atoms with Gasteiger partial charge in [0, 0.05) is 39.9 Å². The number of carbonyl (C=O) groups is 1. The van der Waals surface area contributed by atoms with Crippen molar-refractivity contribution in [2.24, 2.45) is 0 Å². The summed E-state index contributed by atoms with van der Waals surface area (Å²) in [5.41, 5.74) is 3.96. The van der Waals surface area contributed by atoms with Crippen molar-refractivity contribution in [1.29, 1.82) is 0 Å². The number of H-pyrrole nitrogens is 1. The van der Waals surface area contributed by atoms with Gasteiger partial charge in [0.05, 0.1) is 17.7 Å². The Morgan fingerprint density at radius 1 is 1.25 bits per heavy atom. The first-order chi connectivity index (χ1) is 13.2. The second-order valence-corrected chi connectivity index (χ2v) is 8.20. The molecule has 3 aromatic rings. The van der Waals surface area contributed by atoms with Crippen molar-refractivity contribution >= 4 is 32.7 Å². The summed E-state index contributed by atoms with van der Waals surface area (Å²) in [4.78, 5) is 27.8. The number of aromatic nitrogens is 2. The number of aliphatic hydroxyl groups is 1. The van der Waals surface area contributed by atoms with E-state index in [4.69, 9.17) is 0 Å². The zero-order valence-corrected chi connectivity index (χ0v) is 18.0. The summed E-state index contributed by atoms with van der Waals surface area (Å²) in [6.45, 7) is 7.87. The largest absolute Gasteiger partial charge is 0.390 e. The van der Waals surface area contributed by atoms with E-state index in [1.807, 2.05) is 13.0 Å². The van der Waals surface area contributed by atoms with Gasteiger partial charge in [0.2, 0.25) is 0 Å². The highest BCUT2D eigenvalue weighted by Gasteiger charge is 2.18. The summed E-state index contributed by atoms with van der Waals surface area (Å²) in [5.74, 6) is -0.235. The molecule has 148 valence electrons. The molecule has 3 rings (SSSR count). The molecule has 0 saturated carbocycles. The lowest BCUT2D eigenvalue weighted by Gasteiger charge is -2.12. The highest BCUT2D eigenvalue weighted by molar-refractivity contribution is 9.10. The summed E-state index contributed by atoms with van der Waals surface area (Å²) >= 11 is 3.51. The number of nitrogens with zero attached hydrogens (tertiary/aromatic N) is 1. The maximum Gasteiger partial charge on any atom is 0.253 e. The number of aromatic amines is 1. The minimum atomic E-state index is -0.300. The molecule has 0 radical (unpaired) electrons. The van der Waals surface area contributed by atoms with Gasteiger partial charge in [-0.25, -0.2) is 0 Å². The average Bonchev–Trinajstić information content (AvgIpc) is 2.96. The summed E-state index contributed by atoms with van der Waals surface area (Å²) in [7, 11) is 0. The molecule has 0 atom stereocenters. The number of carbonyl (C=O) groups excluding carboxylic acids is 1. The van der Waals surface area contributed by atoms with E-state index in [-0.39, 0.29) is 30.7 Å². The molecule has 0 unspecified atom stereocenters. The van der Waals surface area contributed by atoms with E-state index in [0.717, 1.165) is 26.5 Å². The Hall–Kier alpha value is -2.38. The van der Waals surface area contributed by atoms with Crippen molar-refractivity contribution < 1.29 is 9.90 Å². The molecule has 0 saturated heterocycles. The number of halogens is 1. The van der Waals surface area contributed by atoms with Crippen LogP contribution in [0.1, 0.15) is 52.6 Å². The van der Waals surface area contributed by atoms with Gasteiger partial charge in [0.1, 0.15) is 0 Å². The van der Waals surface area contributed by atoms with Crippen molar-refractivity contribution in [3.8, 4) is 0 Å². The minimum absolute atomic E-state index is 0.115. The van der Waals surface area contributed by atoms with E-state index < -0.39 is 0 Å². The van der Waals surface area contributed by atoms with Gasteiger partial charge in [-0.3, -0.25) is 9.59 Å². The van der Waals surface area contributed by atoms with Gasteiger partial charge >= 0.3 is 0 Å². The van der Waals surface area contributed by atoms with Crippen LogP contribution < -0.4 is 10.9 Å². The normalized spacial score (nSPS) is 11.4. The maximum absolute atomic E-state index is 13.0. The molecule has 1 amide bonds. The van der Waals surface area contributed by atoms with Crippen LogP contribution in [0.25, 0.3) is 10.9 Å². The van der Waals surface area contributed by atoms with Crippen LogP contribution in [0.5, 0.6) is 0 Å². The average molecular weight is 446 g/mol. The number of aryl methyl sites for hydroxylation is 2. The third-order valence-electron chi connectivity index (χ3n) is 4.90. The van der Waals surface area contributed by atoms with Crippen LogP contribution in [0, 0.1) is 13.8 Å². The van der Waals surface area contributed by atoms with Crippen LogP contribution >= 0.6 is 15.9 Å². The Bertz CT molecular complexity index is 1110. The second-order valence-electron chi connectivity index (χ2n) is 7.29. The van der Waals surface area contributed by atoms with Gasteiger partial charge in [0.15, 0.2) is 0 Å². The third kappa shape index (κ3) is 3.77. The minimum Gasteiger partial charge on any atom is -0.390 e. The predicted molar refractivity (Wildman–Crippen MR) is 114 cm³/mol. The van der Waals surface area contributed by atoms with Crippen LogP contribution in [-0.4, -0.2) is 20.6 Å². The third-order valence-corrected chi connectivity index (χ3v) is 5.36. The van der Waals surface area contributed by atoms with Gasteiger partial charge in [-0.05, 0) is 57.0 Å². The van der Waals surface area contributed by atoms with Crippen molar-refractivity contribution in [2.45, 2.75) is 46.9 Å². The monoisotopic (exact) mass is 445 g/mol. The van der Waals surface area contributed by atoms with Crippen molar-refractivity contribution in [3.63, 3.8) is 0 Å². The smallest absolute Gasteiger partial charge is 0.253 e. The van der Waals surface area contributed by atoms with E-state index in [2.05, 4.69) is 50.8 Å². The second kappa shape index (κ2) is 7.93. The Morgan fingerprint density at radius 3 is 2.57 bits per heavy atom. The fourth-order valence-electron chi connectivity index (χ4n) is 3.51. The van der Waals surface area contributed by atoms with Gasteiger partial charge in [0.25, 0.3) is 11.5 Å². The van der Waals surface area contributed by atoms with E-state index in [9.17, 15) is 14.7 Å². The Kier molecular flexibility index (Phi) is 5.76. The number of fused-ring (bicyclic) bond motifs is 1. The van der Waals surface area contributed by atoms with Crippen molar-refractivity contribution in [2.75, 3.05) is 0 Å². The van der Waals surface area contributed by atoms with E-state index in [1.165, 1.54) is 0 Å². The number of aliphatic hydroxyl groups excluding tert-OH is 1. The number of nitrogens with one attached hydrogen (secondary N) is 2. The van der Waals surface area contributed by atoms with Crippen LogP contribution in [0.15, 0.2) is 33.7 Å². The molecule has 0 aliphatic heterocycles. The van der Waals surface area contributed by atoms with E-state index >= 15 is 0 Å². The topological polar surface area (TPSA) is 87.1 Å². The van der Waals surface area contributed by atoms with E-state index in [1.54, 1.807) is 19.1 Å². The van der Waals surface area contributed by atoms with Crippen LogP contribution in [0.3, 0.4) is 0 Å². The van der Waals surface area contributed by atoms with Gasteiger partial charge < -0.3 is 20.0 Å². The number of pyridine rings is 1. The summed E-state index contributed by atoms with van der Waals surface area (Å²) in [6.07, 6.45) is 2.06. The molecule has 0 spiro atoms. The molecular formula is C21H24BrN3O3. The van der Waals surface area contributed by atoms with Crippen LogP contribution in [0.2, 0.25) is 0 Å². The van der Waals surface area contributed by atoms with Gasteiger partial charge in [-0.1, -0.05) is 15.9 Å². The van der Waals surface area contributed by atoms with E-state index in [0.29, 0.717) is 16.8 Å². The molecule has 2 aromatic heterocycles. The van der Waals surface area contributed by atoms with Crippen molar-refractivity contribution in [1.82, 2.24) is 14.9 Å². The Balaban J connectivity index is 1.96. The summed E-state index contributed by atoms with van der Waals surface area (Å²) in [5, 5.41) is 13.0. The fourth-order valence-corrected chi connectivity index (χ4v) is 3.96. The zero-order valence-electron chi connectivity index (χ0n) is 16.4. The molecular weight excluding hydrogens is 422 g/mol. The van der Waals surface area contributed by atoms with Gasteiger partial charge in [-0.15, -0.1) is 0 Å². The molecule has 0 aliphatic carbocycles. The van der Waals surface area contributed by atoms with Gasteiger partial charge in [-0.2, -0.15) is 0 Å². The lowest BCUT2D eigenvalue weighted by Crippen LogP contribution is -2.28. The fraction of sp³-hybridized carbons (Fsp3) is 0.333. The first-order valence-electron chi connectivity index (χ1n) is 9.14. The number of rotatable bonds is 5. The summed E-state index contributed by atoms with van der Waals surface area (Å²) in [6, 6.07) is 5.81. The molecule has 28 heavy (non-hydrogen) atoms. The van der Waals surface area contributed by atoms with Crippen LogP contribution in [0.4, 0.5) is 0 Å². The molecule has 2 heterocycles. The highest BCUT2D eigenvalue weighted by Crippen LogP contribution is 2.30. The predicted octanol–water partition coefficient (Wildman–Crippen LogP) is 3.71. The lowest BCUT2D eigenvalue weighted by atomic mass is 10.1. The first-order valence-corrected chi connectivity index (χ1v) is 9.93. The number of benzene rings is 1. The molecule has 6 nitrogen and oxygen atoms in total. The molecule has 0 aliphatic rings. The quantitative estimate of drug-likeness (QED) is 0.559. The van der Waals surface area contributed by atoms with Crippen LogP contribution in [-0.2, 0) is 13.2 Å². The standard InChI is InChI=1S/C21H24BrN3O3/c1-11(2)25-9-13(4)19-16(6-14(22)7-18(19)25)20(27)23-8-17-12(3)5-15(10-26)24-21(17)28/h5-7,9,11,26H,8,10H2,1-4H3,(H,23,27)(H,24,28). The maximum atomic E-state index is 13.0. The number of amides is 1. The molecule has 7 heteroatoms. The lowest BCUT2D eigenvalue weighted by molar-refractivity contribution is 0.0952. The SMILES string of the molecule is Cc1cc(CO)[nH]c(=O)c1CNC(=O)c1cc(Br)cc2c1c(C)cn2C(C)C. The first kappa shape index (κ1) is 20.4. The zero-order chi connectivity index (χ0) is 20.6. The molecule has 3 N–H and O–H groups in total. The molecule has 0 bridgehead atoms.